The van der Waals surface area contributed by atoms with E-state index in [1.807, 2.05) is 29.3 Å². The average molecular weight is 278 g/mol. The fraction of sp³-hybridized carbons (Fsp3) is 0.583. The number of anilines is 1. The Morgan fingerprint density at radius 1 is 1.32 bits per heavy atom. The van der Waals surface area contributed by atoms with Gasteiger partial charge in [-0.05, 0) is 6.92 Å². The van der Waals surface area contributed by atoms with Crippen LogP contribution in [0.15, 0.2) is 12.4 Å². The van der Waals surface area contributed by atoms with Crippen LogP contribution >= 0.6 is 11.8 Å². The predicted octanol–water partition coefficient (Wildman–Crippen LogP) is 0.893. The summed E-state index contributed by atoms with van der Waals surface area (Å²) in [6.45, 7) is 6.26. The highest BCUT2D eigenvalue weighted by molar-refractivity contribution is 7.99. The normalized spacial score (nSPS) is 16.9. The molecular weight excluding hydrogens is 260 g/mol. The van der Waals surface area contributed by atoms with Gasteiger partial charge in [-0.25, -0.2) is 4.98 Å². The Hall–Kier alpha value is -1.34. The summed E-state index contributed by atoms with van der Waals surface area (Å²) in [5, 5.41) is 11.6. The Bertz CT molecular complexity index is 548. The van der Waals surface area contributed by atoms with E-state index in [4.69, 9.17) is 0 Å². The lowest BCUT2D eigenvalue weighted by Crippen LogP contribution is -2.36. The van der Waals surface area contributed by atoms with Crippen molar-refractivity contribution in [1.82, 2.24) is 24.5 Å². The van der Waals surface area contributed by atoms with Gasteiger partial charge in [0.25, 0.3) is 0 Å². The molecule has 0 atom stereocenters. The van der Waals surface area contributed by atoms with E-state index in [2.05, 4.69) is 25.4 Å². The summed E-state index contributed by atoms with van der Waals surface area (Å²) < 4.78 is 1.95. The molecule has 1 saturated heterocycles. The van der Waals surface area contributed by atoms with Crippen LogP contribution in [0.1, 0.15) is 5.82 Å². The van der Waals surface area contributed by atoms with E-state index < -0.39 is 0 Å². The van der Waals surface area contributed by atoms with Crippen LogP contribution in [0.4, 0.5) is 5.82 Å². The van der Waals surface area contributed by atoms with E-state index in [-0.39, 0.29) is 0 Å². The van der Waals surface area contributed by atoms with Crippen molar-refractivity contribution < 1.29 is 0 Å². The Morgan fingerprint density at radius 2 is 2.16 bits per heavy atom. The topological polar surface area (TPSA) is 58.4 Å². The number of rotatable bonds is 4. The summed E-state index contributed by atoms with van der Waals surface area (Å²) >= 11 is 2.04. The molecule has 1 fully saturated rings. The average Bonchev–Trinajstić information content (AvgIpc) is 2.83. The van der Waals surface area contributed by atoms with Crippen molar-refractivity contribution in [3.05, 3.63) is 18.2 Å². The molecule has 0 amide bonds. The highest BCUT2D eigenvalue weighted by atomic mass is 32.2. The molecule has 19 heavy (non-hydrogen) atoms. The number of hydrogen-bond donors (Lipinski definition) is 1. The smallest absolute Gasteiger partial charge is 0.203 e. The molecule has 1 aliphatic heterocycles. The van der Waals surface area contributed by atoms with Gasteiger partial charge < -0.3 is 5.32 Å². The Labute approximate surface area is 116 Å². The first-order valence-electron chi connectivity index (χ1n) is 6.55. The van der Waals surface area contributed by atoms with Gasteiger partial charge in [0.05, 0.1) is 0 Å². The fourth-order valence-corrected chi connectivity index (χ4v) is 3.20. The van der Waals surface area contributed by atoms with Gasteiger partial charge in [-0.15, -0.1) is 10.2 Å². The van der Waals surface area contributed by atoms with Gasteiger partial charge in [-0.2, -0.15) is 11.8 Å². The minimum Gasteiger partial charge on any atom is -0.366 e. The van der Waals surface area contributed by atoms with E-state index in [0.717, 1.165) is 30.4 Å². The molecule has 3 rings (SSSR count). The molecule has 0 spiro atoms. The number of aryl methyl sites for hydroxylation is 1. The van der Waals surface area contributed by atoms with Crippen LogP contribution < -0.4 is 5.32 Å². The minimum atomic E-state index is 0.800. The van der Waals surface area contributed by atoms with E-state index in [0.29, 0.717) is 0 Å². The monoisotopic (exact) mass is 278 g/mol. The Morgan fingerprint density at radius 3 is 3.00 bits per heavy atom. The van der Waals surface area contributed by atoms with Crippen LogP contribution in [-0.2, 0) is 0 Å². The van der Waals surface area contributed by atoms with Crippen LogP contribution in [0.5, 0.6) is 0 Å². The van der Waals surface area contributed by atoms with Gasteiger partial charge >= 0.3 is 0 Å². The van der Waals surface area contributed by atoms with Gasteiger partial charge in [0, 0.05) is 50.1 Å². The molecule has 0 aliphatic carbocycles. The van der Waals surface area contributed by atoms with Gasteiger partial charge in [0.1, 0.15) is 5.82 Å². The molecule has 0 bridgehead atoms. The SMILES string of the molecule is Cc1nnc2c(NCCN3CCSCC3)nccn12. The maximum absolute atomic E-state index is 4.35. The molecule has 2 aromatic heterocycles. The van der Waals surface area contributed by atoms with Crippen LogP contribution in [0.25, 0.3) is 5.65 Å². The molecule has 0 saturated carbocycles. The lowest BCUT2D eigenvalue weighted by atomic mass is 10.4. The first-order valence-corrected chi connectivity index (χ1v) is 7.70. The maximum Gasteiger partial charge on any atom is 0.203 e. The molecule has 0 unspecified atom stereocenters. The quantitative estimate of drug-likeness (QED) is 0.896. The third-order valence-electron chi connectivity index (χ3n) is 3.32. The molecule has 0 aromatic carbocycles. The van der Waals surface area contributed by atoms with Crippen LogP contribution in [0, 0.1) is 6.92 Å². The van der Waals surface area contributed by atoms with Gasteiger partial charge in [-0.1, -0.05) is 0 Å². The summed E-state index contributed by atoms with van der Waals surface area (Å²) in [5.41, 5.74) is 0.800. The van der Waals surface area contributed by atoms with Crippen molar-refractivity contribution in [3.8, 4) is 0 Å². The van der Waals surface area contributed by atoms with E-state index in [1.165, 1.54) is 24.6 Å². The number of hydrogen-bond acceptors (Lipinski definition) is 6. The molecule has 3 heterocycles. The van der Waals surface area contributed by atoms with Gasteiger partial charge in [0.2, 0.25) is 5.65 Å². The largest absolute Gasteiger partial charge is 0.366 e. The van der Waals surface area contributed by atoms with Crippen molar-refractivity contribution in [3.63, 3.8) is 0 Å². The first kappa shape index (κ1) is 12.7. The van der Waals surface area contributed by atoms with Crippen molar-refractivity contribution in [2.75, 3.05) is 43.0 Å². The summed E-state index contributed by atoms with van der Waals surface area (Å²) in [4.78, 5) is 6.83. The lowest BCUT2D eigenvalue weighted by molar-refractivity contribution is 0.314. The van der Waals surface area contributed by atoms with E-state index in [1.54, 1.807) is 6.20 Å². The summed E-state index contributed by atoms with van der Waals surface area (Å²) in [6, 6.07) is 0. The zero-order valence-corrected chi connectivity index (χ0v) is 11.9. The Kier molecular flexibility index (Phi) is 3.84. The third kappa shape index (κ3) is 2.82. The van der Waals surface area contributed by atoms with Crippen LogP contribution in [0.3, 0.4) is 0 Å². The highest BCUT2D eigenvalue weighted by Gasteiger charge is 2.11. The second-order valence-electron chi connectivity index (χ2n) is 4.60. The van der Waals surface area contributed by atoms with Crippen molar-refractivity contribution >= 4 is 23.2 Å². The fourth-order valence-electron chi connectivity index (χ4n) is 2.22. The lowest BCUT2D eigenvalue weighted by Gasteiger charge is -2.26. The third-order valence-corrected chi connectivity index (χ3v) is 4.26. The standard InChI is InChI=1S/C12H18N6S/c1-10-15-16-12-11(14-3-5-18(10)12)13-2-4-17-6-8-19-9-7-17/h3,5H,2,4,6-9H2,1H3,(H,13,14). The van der Waals surface area contributed by atoms with E-state index in [9.17, 15) is 0 Å². The molecule has 1 aliphatic rings. The molecular formula is C12H18N6S. The number of aromatic nitrogens is 4. The predicted molar refractivity (Wildman–Crippen MR) is 77.8 cm³/mol. The van der Waals surface area contributed by atoms with Crippen LogP contribution in [0.2, 0.25) is 0 Å². The molecule has 102 valence electrons. The summed E-state index contributed by atoms with van der Waals surface area (Å²) in [5.74, 6) is 4.19. The van der Waals surface area contributed by atoms with Gasteiger partial charge in [-0.3, -0.25) is 9.30 Å². The number of nitrogens with zero attached hydrogens (tertiary/aromatic N) is 5. The molecule has 7 heteroatoms. The zero-order chi connectivity index (χ0) is 13.1. The Balaban J connectivity index is 1.62. The number of nitrogens with one attached hydrogen (secondary N) is 1. The first-order chi connectivity index (χ1) is 9.34. The summed E-state index contributed by atoms with van der Waals surface area (Å²) in [6.07, 6.45) is 3.67. The molecule has 0 radical (unpaired) electrons. The number of thioether (sulfide) groups is 1. The minimum absolute atomic E-state index is 0.800. The van der Waals surface area contributed by atoms with Gasteiger partial charge in [0.15, 0.2) is 5.82 Å². The summed E-state index contributed by atoms with van der Waals surface area (Å²) in [7, 11) is 0. The van der Waals surface area contributed by atoms with Crippen molar-refractivity contribution in [2.24, 2.45) is 0 Å². The molecule has 6 nitrogen and oxygen atoms in total. The molecule has 1 N–H and O–H groups in total. The zero-order valence-electron chi connectivity index (χ0n) is 11.0. The van der Waals surface area contributed by atoms with Crippen molar-refractivity contribution in [2.45, 2.75) is 6.92 Å². The molecule has 2 aromatic rings. The second-order valence-corrected chi connectivity index (χ2v) is 5.82. The second kappa shape index (κ2) is 5.75. The van der Waals surface area contributed by atoms with Crippen molar-refractivity contribution in [1.29, 1.82) is 0 Å². The maximum atomic E-state index is 4.35. The number of fused-ring (bicyclic) bond motifs is 1. The highest BCUT2D eigenvalue weighted by Crippen LogP contribution is 2.12. The van der Waals surface area contributed by atoms with Crippen LogP contribution in [-0.4, -0.2) is 62.2 Å². The van der Waals surface area contributed by atoms with E-state index >= 15 is 0 Å².